The number of hydrogen-bond donors (Lipinski definition) is 3. The number of sulfone groups is 1. The van der Waals surface area contributed by atoms with Gasteiger partial charge in [-0.25, -0.2) is 13.8 Å². The van der Waals surface area contributed by atoms with Crippen molar-refractivity contribution in [1.29, 1.82) is 0 Å². The molecule has 1 heterocycles. The molecule has 21 heavy (non-hydrogen) atoms. The number of phenols is 2. The van der Waals surface area contributed by atoms with E-state index >= 15 is 0 Å². The molecule has 0 radical (unpaired) electrons. The Morgan fingerprint density at radius 1 is 1.43 bits per heavy atom. The SMILES string of the molecule is O=C(C[C@H]1CCS(=O)(=O)C1)N/N=C/c1ccc(O)cc1O. The molecule has 0 aromatic heterocycles. The van der Waals surface area contributed by atoms with Crippen LogP contribution in [0.1, 0.15) is 18.4 Å². The molecule has 1 aliphatic rings. The molecule has 1 fully saturated rings. The number of phenolic OH excluding ortho intramolecular Hbond substituents is 2. The Kier molecular flexibility index (Phi) is 4.46. The van der Waals surface area contributed by atoms with Gasteiger partial charge in [0, 0.05) is 18.1 Å². The topological polar surface area (TPSA) is 116 Å². The molecule has 1 saturated heterocycles. The Morgan fingerprint density at radius 2 is 2.19 bits per heavy atom. The smallest absolute Gasteiger partial charge is 0.240 e. The van der Waals surface area contributed by atoms with E-state index in [2.05, 4.69) is 10.5 Å². The van der Waals surface area contributed by atoms with E-state index in [1.165, 1.54) is 18.3 Å². The summed E-state index contributed by atoms with van der Waals surface area (Å²) in [7, 11) is -2.99. The molecule has 8 heteroatoms. The van der Waals surface area contributed by atoms with Crippen molar-refractivity contribution in [3.63, 3.8) is 0 Å². The van der Waals surface area contributed by atoms with Crippen molar-refractivity contribution in [3.05, 3.63) is 23.8 Å². The molecule has 0 aliphatic carbocycles. The number of hydrazone groups is 1. The van der Waals surface area contributed by atoms with Crippen LogP contribution in [0.25, 0.3) is 0 Å². The standard InChI is InChI=1S/C13H16N2O5S/c16-11-2-1-10(12(17)6-11)7-14-15-13(18)5-9-3-4-21(19,20)8-9/h1-2,6-7,9,16-17H,3-5,8H2,(H,15,18)/b14-7+/t9-/m1/s1. The predicted molar refractivity (Wildman–Crippen MR) is 76.9 cm³/mol. The molecule has 114 valence electrons. The summed E-state index contributed by atoms with van der Waals surface area (Å²) in [6.45, 7) is 0. The number of rotatable bonds is 4. The van der Waals surface area contributed by atoms with Gasteiger partial charge in [-0.05, 0) is 24.5 Å². The molecule has 1 atom stereocenters. The molecule has 0 bridgehead atoms. The molecule has 1 aromatic carbocycles. The third kappa shape index (κ3) is 4.45. The van der Waals surface area contributed by atoms with Gasteiger partial charge in [0.15, 0.2) is 9.84 Å². The van der Waals surface area contributed by atoms with Gasteiger partial charge in [0.05, 0.1) is 17.7 Å². The highest BCUT2D eigenvalue weighted by Crippen LogP contribution is 2.22. The molecule has 1 aromatic rings. The van der Waals surface area contributed by atoms with Gasteiger partial charge in [-0.3, -0.25) is 4.79 Å². The Labute approximate surface area is 122 Å². The van der Waals surface area contributed by atoms with E-state index < -0.39 is 9.84 Å². The average Bonchev–Trinajstić information content (AvgIpc) is 2.71. The highest BCUT2D eigenvalue weighted by molar-refractivity contribution is 7.91. The molecule has 0 unspecified atom stereocenters. The maximum absolute atomic E-state index is 11.6. The second kappa shape index (κ2) is 6.13. The third-order valence-corrected chi connectivity index (χ3v) is 5.04. The van der Waals surface area contributed by atoms with E-state index in [1.807, 2.05) is 0 Å². The Bertz CT molecular complexity index is 669. The number of aromatic hydroxyl groups is 2. The zero-order valence-electron chi connectivity index (χ0n) is 11.2. The first-order chi connectivity index (χ1) is 9.85. The first-order valence-electron chi connectivity index (χ1n) is 6.40. The van der Waals surface area contributed by atoms with Crippen LogP contribution in [0, 0.1) is 5.92 Å². The summed E-state index contributed by atoms with van der Waals surface area (Å²) in [5, 5.41) is 22.3. The van der Waals surface area contributed by atoms with Crippen LogP contribution in [0.15, 0.2) is 23.3 Å². The molecule has 0 saturated carbocycles. The summed E-state index contributed by atoms with van der Waals surface area (Å²) in [4.78, 5) is 11.6. The predicted octanol–water partition coefficient (Wildman–Crippen LogP) is 0.373. The third-order valence-electron chi connectivity index (χ3n) is 3.21. The molecule has 7 nitrogen and oxygen atoms in total. The number of amides is 1. The van der Waals surface area contributed by atoms with E-state index in [1.54, 1.807) is 0 Å². The second-order valence-corrected chi connectivity index (χ2v) is 7.24. The minimum atomic E-state index is -2.99. The summed E-state index contributed by atoms with van der Waals surface area (Å²) in [5.41, 5.74) is 2.63. The largest absolute Gasteiger partial charge is 0.508 e. The molecular weight excluding hydrogens is 296 g/mol. The van der Waals surface area contributed by atoms with Crippen LogP contribution in [-0.2, 0) is 14.6 Å². The van der Waals surface area contributed by atoms with Crippen LogP contribution >= 0.6 is 0 Å². The van der Waals surface area contributed by atoms with Crippen molar-refractivity contribution in [2.24, 2.45) is 11.0 Å². The van der Waals surface area contributed by atoms with Crippen molar-refractivity contribution in [3.8, 4) is 11.5 Å². The quantitative estimate of drug-likeness (QED) is 0.549. The Morgan fingerprint density at radius 3 is 2.81 bits per heavy atom. The number of hydrogen-bond acceptors (Lipinski definition) is 6. The van der Waals surface area contributed by atoms with E-state index in [4.69, 9.17) is 5.11 Å². The number of carbonyl (C=O) groups is 1. The van der Waals surface area contributed by atoms with Crippen molar-refractivity contribution in [2.45, 2.75) is 12.8 Å². The highest BCUT2D eigenvalue weighted by Gasteiger charge is 2.29. The molecular formula is C13H16N2O5S. The first-order valence-corrected chi connectivity index (χ1v) is 8.22. The van der Waals surface area contributed by atoms with E-state index in [0.29, 0.717) is 12.0 Å². The van der Waals surface area contributed by atoms with Crippen LogP contribution in [0.2, 0.25) is 0 Å². The fraction of sp³-hybridized carbons (Fsp3) is 0.385. The van der Waals surface area contributed by atoms with Crippen LogP contribution < -0.4 is 5.43 Å². The van der Waals surface area contributed by atoms with Gasteiger partial charge >= 0.3 is 0 Å². The Balaban J connectivity index is 1.85. The van der Waals surface area contributed by atoms with Gasteiger partial charge < -0.3 is 10.2 Å². The lowest BCUT2D eigenvalue weighted by Gasteiger charge is -2.05. The van der Waals surface area contributed by atoms with Crippen molar-refractivity contribution >= 4 is 22.0 Å². The molecule has 3 N–H and O–H groups in total. The van der Waals surface area contributed by atoms with Crippen LogP contribution in [0.5, 0.6) is 11.5 Å². The molecule has 0 spiro atoms. The number of nitrogens with one attached hydrogen (secondary N) is 1. The number of carbonyl (C=O) groups excluding carboxylic acids is 1. The lowest BCUT2D eigenvalue weighted by atomic mass is 10.1. The van der Waals surface area contributed by atoms with Crippen molar-refractivity contribution < 1.29 is 23.4 Å². The summed E-state index contributed by atoms with van der Waals surface area (Å²) in [5.74, 6) is -0.580. The maximum atomic E-state index is 11.6. The first kappa shape index (κ1) is 15.3. The fourth-order valence-corrected chi connectivity index (χ4v) is 4.02. The van der Waals surface area contributed by atoms with E-state index in [-0.39, 0.29) is 41.3 Å². The van der Waals surface area contributed by atoms with Gasteiger partial charge in [0.1, 0.15) is 11.5 Å². The van der Waals surface area contributed by atoms with Gasteiger partial charge in [-0.1, -0.05) is 0 Å². The summed E-state index contributed by atoms with van der Waals surface area (Å²) < 4.78 is 22.6. The Hall–Kier alpha value is -2.09. The van der Waals surface area contributed by atoms with Crippen molar-refractivity contribution in [2.75, 3.05) is 11.5 Å². The minimum Gasteiger partial charge on any atom is -0.508 e. The fourth-order valence-electron chi connectivity index (χ4n) is 2.16. The second-order valence-electron chi connectivity index (χ2n) is 5.01. The molecule has 1 amide bonds. The van der Waals surface area contributed by atoms with E-state index in [9.17, 15) is 18.3 Å². The highest BCUT2D eigenvalue weighted by atomic mass is 32.2. The van der Waals surface area contributed by atoms with Gasteiger partial charge in [-0.2, -0.15) is 5.10 Å². The zero-order valence-corrected chi connectivity index (χ0v) is 12.0. The lowest BCUT2D eigenvalue weighted by molar-refractivity contribution is -0.121. The summed E-state index contributed by atoms with van der Waals surface area (Å²) >= 11 is 0. The number of nitrogens with zero attached hydrogens (tertiary/aromatic N) is 1. The maximum Gasteiger partial charge on any atom is 0.240 e. The molecule has 2 rings (SSSR count). The minimum absolute atomic E-state index is 0.0445. The average molecular weight is 312 g/mol. The van der Waals surface area contributed by atoms with Crippen LogP contribution in [0.3, 0.4) is 0 Å². The van der Waals surface area contributed by atoms with E-state index in [0.717, 1.165) is 6.07 Å². The van der Waals surface area contributed by atoms with Crippen LogP contribution in [-0.4, -0.2) is 42.3 Å². The summed E-state index contributed by atoms with van der Waals surface area (Å²) in [6, 6.07) is 3.99. The van der Waals surface area contributed by atoms with Gasteiger partial charge in [0.25, 0.3) is 0 Å². The van der Waals surface area contributed by atoms with Gasteiger partial charge in [-0.15, -0.1) is 0 Å². The monoisotopic (exact) mass is 312 g/mol. The zero-order chi connectivity index (χ0) is 15.5. The normalized spacial score (nSPS) is 20.7. The number of benzene rings is 1. The van der Waals surface area contributed by atoms with Crippen molar-refractivity contribution in [1.82, 2.24) is 5.43 Å². The summed E-state index contributed by atoms with van der Waals surface area (Å²) in [6.07, 6.45) is 1.86. The van der Waals surface area contributed by atoms with Gasteiger partial charge in [0.2, 0.25) is 5.91 Å². The van der Waals surface area contributed by atoms with Crippen LogP contribution in [0.4, 0.5) is 0 Å². The lowest BCUT2D eigenvalue weighted by Crippen LogP contribution is -2.21. The molecule has 1 aliphatic heterocycles.